The highest BCUT2D eigenvalue weighted by atomic mass is 16.6. The first kappa shape index (κ1) is 12.6. The molecule has 0 fully saturated rings. The molecule has 0 atom stereocenters. The molecule has 98 valence electrons. The van der Waals surface area contributed by atoms with E-state index in [1.165, 1.54) is 0 Å². The fourth-order valence-corrected chi connectivity index (χ4v) is 1.75. The molecule has 18 heavy (non-hydrogen) atoms. The number of nitrogens with one attached hydrogen (secondary N) is 1. The average molecular weight is 250 g/mol. The maximum absolute atomic E-state index is 11.8. The fourth-order valence-electron chi connectivity index (χ4n) is 1.75. The van der Waals surface area contributed by atoms with Gasteiger partial charge in [-0.25, -0.2) is 4.79 Å². The largest absolute Gasteiger partial charge is 0.444 e. The van der Waals surface area contributed by atoms with Gasteiger partial charge in [-0.1, -0.05) is 11.3 Å². The molecule has 0 aromatic carbocycles. The highest BCUT2D eigenvalue weighted by Gasteiger charge is 2.24. The second-order valence-electron chi connectivity index (χ2n) is 5.26. The summed E-state index contributed by atoms with van der Waals surface area (Å²) in [6.07, 6.45) is 4.25. The van der Waals surface area contributed by atoms with Crippen LogP contribution in [0.2, 0.25) is 0 Å². The molecular formula is C12H18N4O2. The molecule has 2 rings (SSSR count). The summed E-state index contributed by atoms with van der Waals surface area (Å²) in [6.45, 7) is 6.80. The lowest BCUT2D eigenvalue weighted by molar-refractivity contribution is 0.0270. The number of rotatable bonds is 1. The summed E-state index contributed by atoms with van der Waals surface area (Å²) in [7, 11) is 0. The van der Waals surface area contributed by atoms with Crippen molar-refractivity contribution >= 4 is 11.7 Å². The molecule has 1 aliphatic heterocycles. The SMILES string of the molecule is CC(C)(C)OC(=O)N1CC=C(c2c[nH]nn2)CC1. The molecule has 1 N–H and O–H groups in total. The van der Waals surface area contributed by atoms with Gasteiger partial charge in [-0.05, 0) is 32.8 Å². The quantitative estimate of drug-likeness (QED) is 0.825. The van der Waals surface area contributed by atoms with Crippen molar-refractivity contribution in [1.29, 1.82) is 0 Å². The Morgan fingerprint density at radius 1 is 1.50 bits per heavy atom. The normalized spacial score (nSPS) is 16.4. The van der Waals surface area contributed by atoms with E-state index in [0.29, 0.717) is 13.1 Å². The van der Waals surface area contributed by atoms with Crippen LogP contribution in [0.1, 0.15) is 32.9 Å². The van der Waals surface area contributed by atoms with Crippen LogP contribution in [-0.4, -0.2) is 45.1 Å². The molecule has 0 radical (unpaired) electrons. The van der Waals surface area contributed by atoms with E-state index in [0.717, 1.165) is 17.7 Å². The molecule has 0 bridgehead atoms. The Balaban J connectivity index is 1.96. The van der Waals surface area contributed by atoms with Gasteiger partial charge in [-0.2, -0.15) is 0 Å². The highest BCUT2D eigenvalue weighted by Crippen LogP contribution is 2.21. The van der Waals surface area contributed by atoms with Crippen LogP contribution < -0.4 is 0 Å². The Bertz CT molecular complexity index is 445. The molecule has 1 aliphatic rings. The van der Waals surface area contributed by atoms with Crippen molar-refractivity contribution in [3.8, 4) is 0 Å². The van der Waals surface area contributed by atoms with E-state index >= 15 is 0 Å². The number of hydrogen-bond donors (Lipinski definition) is 1. The van der Waals surface area contributed by atoms with Crippen LogP contribution >= 0.6 is 0 Å². The van der Waals surface area contributed by atoms with E-state index in [4.69, 9.17) is 4.74 Å². The molecule has 0 unspecified atom stereocenters. The summed E-state index contributed by atoms with van der Waals surface area (Å²) in [6, 6.07) is 0. The van der Waals surface area contributed by atoms with Crippen molar-refractivity contribution in [3.05, 3.63) is 18.0 Å². The predicted molar refractivity (Wildman–Crippen MR) is 66.8 cm³/mol. The molecule has 1 aromatic rings. The minimum atomic E-state index is -0.451. The molecule has 0 saturated carbocycles. The van der Waals surface area contributed by atoms with Crippen molar-refractivity contribution < 1.29 is 9.53 Å². The molecule has 2 heterocycles. The van der Waals surface area contributed by atoms with Gasteiger partial charge in [0, 0.05) is 19.3 Å². The maximum atomic E-state index is 11.8. The Morgan fingerprint density at radius 3 is 2.78 bits per heavy atom. The third kappa shape index (κ3) is 3.09. The number of amides is 1. The van der Waals surface area contributed by atoms with E-state index in [9.17, 15) is 4.79 Å². The summed E-state index contributed by atoms with van der Waals surface area (Å²) < 4.78 is 5.33. The molecule has 1 amide bonds. The van der Waals surface area contributed by atoms with Crippen LogP contribution in [0.15, 0.2) is 12.3 Å². The zero-order valence-corrected chi connectivity index (χ0v) is 10.9. The van der Waals surface area contributed by atoms with Crippen molar-refractivity contribution in [2.45, 2.75) is 32.8 Å². The van der Waals surface area contributed by atoms with Crippen LogP contribution in [0.5, 0.6) is 0 Å². The molecule has 0 saturated heterocycles. The third-order valence-corrected chi connectivity index (χ3v) is 2.61. The number of aromatic amines is 1. The van der Waals surface area contributed by atoms with Crippen LogP contribution in [0.25, 0.3) is 5.57 Å². The monoisotopic (exact) mass is 250 g/mol. The number of nitrogens with zero attached hydrogens (tertiary/aromatic N) is 3. The molecule has 1 aromatic heterocycles. The minimum Gasteiger partial charge on any atom is -0.444 e. The summed E-state index contributed by atoms with van der Waals surface area (Å²) in [5.41, 5.74) is 1.51. The molecule has 0 spiro atoms. The summed E-state index contributed by atoms with van der Waals surface area (Å²) in [5.74, 6) is 0. The van der Waals surface area contributed by atoms with E-state index in [1.807, 2.05) is 26.8 Å². The summed E-state index contributed by atoms with van der Waals surface area (Å²) in [4.78, 5) is 13.5. The number of ether oxygens (including phenoxy) is 1. The van der Waals surface area contributed by atoms with Gasteiger partial charge in [0.05, 0.1) is 0 Å². The Hall–Kier alpha value is -1.85. The van der Waals surface area contributed by atoms with Gasteiger partial charge in [0.1, 0.15) is 11.3 Å². The first-order valence-electron chi connectivity index (χ1n) is 5.99. The van der Waals surface area contributed by atoms with Crippen LogP contribution in [0.4, 0.5) is 4.79 Å². The standard InChI is InChI=1S/C12H18N4O2/c1-12(2,3)18-11(17)16-6-4-9(5-7-16)10-8-13-15-14-10/h4,8H,5-7H2,1-3H3,(H,13,14,15). The Kier molecular flexibility index (Phi) is 3.36. The minimum absolute atomic E-state index is 0.266. The lowest BCUT2D eigenvalue weighted by Gasteiger charge is -2.29. The zero-order valence-electron chi connectivity index (χ0n) is 10.9. The molecule has 6 nitrogen and oxygen atoms in total. The predicted octanol–water partition coefficient (Wildman–Crippen LogP) is 1.83. The second-order valence-corrected chi connectivity index (χ2v) is 5.26. The molecule has 6 heteroatoms. The van der Waals surface area contributed by atoms with Gasteiger partial charge in [-0.3, -0.25) is 5.10 Å². The Morgan fingerprint density at radius 2 is 2.28 bits per heavy atom. The van der Waals surface area contributed by atoms with Gasteiger partial charge >= 0.3 is 6.09 Å². The smallest absolute Gasteiger partial charge is 0.410 e. The van der Waals surface area contributed by atoms with Crippen LogP contribution in [0.3, 0.4) is 0 Å². The van der Waals surface area contributed by atoms with E-state index < -0.39 is 5.60 Å². The van der Waals surface area contributed by atoms with E-state index in [2.05, 4.69) is 15.4 Å². The van der Waals surface area contributed by atoms with Crippen molar-refractivity contribution in [2.75, 3.05) is 13.1 Å². The topological polar surface area (TPSA) is 71.1 Å². The number of aromatic nitrogens is 3. The van der Waals surface area contributed by atoms with Gasteiger partial charge in [-0.15, -0.1) is 5.10 Å². The third-order valence-electron chi connectivity index (χ3n) is 2.61. The van der Waals surface area contributed by atoms with E-state index in [1.54, 1.807) is 11.1 Å². The van der Waals surface area contributed by atoms with Crippen LogP contribution in [0, 0.1) is 0 Å². The molecule has 0 aliphatic carbocycles. The summed E-state index contributed by atoms with van der Waals surface area (Å²) in [5, 5.41) is 10.3. The number of carbonyl (C=O) groups excluding carboxylic acids is 1. The second kappa shape index (κ2) is 4.80. The van der Waals surface area contributed by atoms with Crippen molar-refractivity contribution in [1.82, 2.24) is 20.3 Å². The van der Waals surface area contributed by atoms with Crippen LogP contribution in [-0.2, 0) is 4.74 Å². The number of H-pyrrole nitrogens is 1. The van der Waals surface area contributed by atoms with Gasteiger partial charge in [0.15, 0.2) is 0 Å². The molecular weight excluding hydrogens is 232 g/mol. The highest BCUT2D eigenvalue weighted by molar-refractivity contribution is 5.71. The fraction of sp³-hybridized carbons (Fsp3) is 0.583. The zero-order chi connectivity index (χ0) is 13.2. The number of hydrogen-bond acceptors (Lipinski definition) is 4. The van der Waals surface area contributed by atoms with Gasteiger partial charge < -0.3 is 9.64 Å². The maximum Gasteiger partial charge on any atom is 0.410 e. The lowest BCUT2D eigenvalue weighted by atomic mass is 10.1. The Labute approximate surface area is 106 Å². The average Bonchev–Trinajstić information content (AvgIpc) is 2.80. The number of carbonyl (C=O) groups is 1. The van der Waals surface area contributed by atoms with Gasteiger partial charge in [0.2, 0.25) is 0 Å². The van der Waals surface area contributed by atoms with E-state index in [-0.39, 0.29) is 6.09 Å². The van der Waals surface area contributed by atoms with Crippen molar-refractivity contribution in [2.24, 2.45) is 0 Å². The first-order chi connectivity index (χ1) is 8.46. The first-order valence-corrected chi connectivity index (χ1v) is 5.99. The van der Waals surface area contributed by atoms with Crippen molar-refractivity contribution in [3.63, 3.8) is 0 Å². The van der Waals surface area contributed by atoms with Gasteiger partial charge in [0.25, 0.3) is 0 Å². The lowest BCUT2D eigenvalue weighted by Crippen LogP contribution is -2.39. The summed E-state index contributed by atoms with van der Waals surface area (Å²) >= 11 is 0.